The Morgan fingerprint density at radius 2 is 2.07 bits per heavy atom. The van der Waals surface area contributed by atoms with Crippen LogP contribution < -0.4 is 0 Å². The molecule has 0 aromatic heterocycles. The zero-order chi connectivity index (χ0) is 10.4. The monoisotopic (exact) mass is 200 g/mol. The average Bonchev–Trinajstić information content (AvgIpc) is 2.19. The van der Waals surface area contributed by atoms with Crippen molar-refractivity contribution in [1.29, 1.82) is 0 Å². The molecule has 1 aliphatic carbocycles. The Kier molecular flexibility index (Phi) is 4.94. The fourth-order valence-electron chi connectivity index (χ4n) is 2.08. The van der Waals surface area contributed by atoms with Gasteiger partial charge in [0, 0.05) is 0 Å². The third-order valence-corrected chi connectivity index (χ3v) is 2.88. The van der Waals surface area contributed by atoms with Gasteiger partial charge in [0.25, 0.3) is 0 Å². The van der Waals surface area contributed by atoms with E-state index in [0.29, 0.717) is 12.5 Å². The van der Waals surface area contributed by atoms with Gasteiger partial charge in [-0.2, -0.15) is 0 Å². The van der Waals surface area contributed by atoms with Crippen LogP contribution in [-0.4, -0.2) is 23.8 Å². The first-order chi connectivity index (χ1) is 6.74. The van der Waals surface area contributed by atoms with Crippen LogP contribution >= 0.6 is 0 Å². The number of carbonyl (C=O) groups is 1. The molecule has 0 unspecified atom stereocenters. The van der Waals surface area contributed by atoms with Gasteiger partial charge in [-0.3, -0.25) is 4.79 Å². The summed E-state index contributed by atoms with van der Waals surface area (Å²) in [5.74, 6) is 0.0405. The fourth-order valence-corrected chi connectivity index (χ4v) is 2.08. The second kappa shape index (κ2) is 6.02. The molecule has 0 spiro atoms. The highest BCUT2D eigenvalue weighted by molar-refractivity contribution is 5.69. The van der Waals surface area contributed by atoms with Crippen molar-refractivity contribution in [3.63, 3.8) is 0 Å². The van der Waals surface area contributed by atoms with E-state index in [-0.39, 0.29) is 12.4 Å². The van der Waals surface area contributed by atoms with E-state index < -0.39 is 6.10 Å². The summed E-state index contributed by atoms with van der Waals surface area (Å²) in [4.78, 5) is 11.1. The summed E-state index contributed by atoms with van der Waals surface area (Å²) in [5.41, 5.74) is 0. The second-order valence-corrected chi connectivity index (χ2v) is 3.97. The van der Waals surface area contributed by atoms with Gasteiger partial charge in [0.15, 0.2) is 0 Å². The lowest BCUT2D eigenvalue weighted by Gasteiger charge is -2.25. The number of ether oxygens (including phenoxy) is 1. The Balaban J connectivity index is 2.25. The van der Waals surface area contributed by atoms with Gasteiger partial charge in [0.2, 0.25) is 0 Å². The van der Waals surface area contributed by atoms with Crippen molar-refractivity contribution >= 4 is 5.97 Å². The molecule has 3 nitrogen and oxygen atoms in total. The lowest BCUT2D eigenvalue weighted by atomic mass is 9.84. The van der Waals surface area contributed by atoms with Crippen LogP contribution in [0, 0.1) is 5.92 Å². The Labute approximate surface area is 85.5 Å². The van der Waals surface area contributed by atoms with Crippen molar-refractivity contribution in [2.45, 2.75) is 51.6 Å². The van der Waals surface area contributed by atoms with E-state index in [1.807, 2.05) is 0 Å². The van der Waals surface area contributed by atoms with Crippen LogP contribution in [0.15, 0.2) is 0 Å². The number of aliphatic hydroxyl groups is 1. The Hall–Kier alpha value is -0.570. The smallest absolute Gasteiger partial charge is 0.308 e. The molecule has 0 radical (unpaired) electrons. The normalized spacial score (nSPS) is 20.4. The van der Waals surface area contributed by atoms with Gasteiger partial charge >= 0.3 is 5.97 Å². The lowest BCUT2D eigenvalue weighted by molar-refractivity contribution is -0.146. The topological polar surface area (TPSA) is 46.5 Å². The van der Waals surface area contributed by atoms with E-state index in [9.17, 15) is 9.90 Å². The second-order valence-electron chi connectivity index (χ2n) is 3.97. The standard InChI is InChI=1S/C11H20O3/c1-2-14-11(13)8-10(12)9-6-4-3-5-7-9/h9-10,12H,2-8H2,1H3/t10-/m1/s1. The van der Waals surface area contributed by atoms with Crippen LogP contribution in [0.2, 0.25) is 0 Å². The van der Waals surface area contributed by atoms with Crippen LogP contribution in [0.5, 0.6) is 0 Å². The van der Waals surface area contributed by atoms with E-state index >= 15 is 0 Å². The van der Waals surface area contributed by atoms with Crippen molar-refractivity contribution in [2.24, 2.45) is 5.92 Å². The van der Waals surface area contributed by atoms with Crippen LogP contribution in [0.3, 0.4) is 0 Å². The Bertz CT molecular complexity index is 173. The van der Waals surface area contributed by atoms with Gasteiger partial charge in [-0.15, -0.1) is 0 Å². The van der Waals surface area contributed by atoms with E-state index in [0.717, 1.165) is 12.8 Å². The van der Waals surface area contributed by atoms with Crippen molar-refractivity contribution in [3.8, 4) is 0 Å². The van der Waals surface area contributed by atoms with E-state index in [1.165, 1.54) is 19.3 Å². The zero-order valence-electron chi connectivity index (χ0n) is 8.87. The first-order valence-electron chi connectivity index (χ1n) is 5.57. The minimum atomic E-state index is -0.491. The lowest BCUT2D eigenvalue weighted by Crippen LogP contribution is -2.26. The molecule has 1 saturated carbocycles. The van der Waals surface area contributed by atoms with E-state index in [4.69, 9.17) is 4.74 Å². The summed E-state index contributed by atoms with van der Waals surface area (Å²) in [6.07, 6.45) is 5.42. The fraction of sp³-hybridized carbons (Fsp3) is 0.909. The summed E-state index contributed by atoms with van der Waals surface area (Å²) in [7, 11) is 0. The molecule has 0 saturated heterocycles. The summed E-state index contributed by atoms with van der Waals surface area (Å²) in [5, 5.41) is 9.77. The predicted octanol–water partition coefficient (Wildman–Crippen LogP) is 1.88. The maximum absolute atomic E-state index is 11.1. The molecule has 0 heterocycles. The molecule has 1 aliphatic rings. The van der Waals surface area contributed by atoms with Crippen molar-refractivity contribution in [1.82, 2.24) is 0 Å². The summed E-state index contributed by atoms with van der Waals surface area (Å²) in [6, 6.07) is 0. The van der Waals surface area contributed by atoms with Crippen LogP contribution in [0.4, 0.5) is 0 Å². The number of aliphatic hydroxyl groups excluding tert-OH is 1. The molecule has 1 atom stereocenters. The SMILES string of the molecule is CCOC(=O)C[C@@H](O)C1CCCCC1. The molecule has 0 bridgehead atoms. The molecule has 0 aromatic carbocycles. The molecular formula is C11H20O3. The van der Waals surface area contributed by atoms with Crippen LogP contribution in [0.1, 0.15) is 45.4 Å². The molecule has 1 N–H and O–H groups in total. The van der Waals surface area contributed by atoms with Crippen molar-refractivity contribution in [2.75, 3.05) is 6.61 Å². The first-order valence-corrected chi connectivity index (χ1v) is 5.57. The Morgan fingerprint density at radius 1 is 1.43 bits per heavy atom. The predicted molar refractivity (Wildman–Crippen MR) is 53.8 cm³/mol. The summed E-state index contributed by atoms with van der Waals surface area (Å²) < 4.78 is 4.80. The summed E-state index contributed by atoms with van der Waals surface area (Å²) in [6.45, 7) is 2.18. The third kappa shape index (κ3) is 3.66. The number of esters is 1. The van der Waals surface area contributed by atoms with Gasteiger partial charge in [0.05, 0.1) is 19.1 Å². The molecule has 1 fully saturated rings. The van der Waals surface area contributed by atoms with Gasteiger partial charge in [-0.25, -0.2) is 0 Å². The number of carbonyl (C=O) groups excluding carboxylic acids is 1. The molecule has 0 aromatic rings. The minimum absolute atomic E-state index is 0.165. The average molecular weight is 200 g/mol. The van der Waals surface area contributed by atoms with E-state index in [2.05, 4.69) is 0 Å². The van der Waals surface area contributed by atoms with Crippen molar-refractivity contribution < 1.29 is 14.6 Å². The number of hydrogen-bond donors (Lipinski definition) is 1. The maximum Gasteiger partial charge on any atom is 0.308 e. The highest BCUT2D eigenvalue weighted by Gasteiger charge is 2.24. The van der Waals surface area contributed by atoms with Gasteiger partial charge in [0.1, 0.15) is 0 Å². The molecule has 0 aliphatic heterocycles. The van der Waals surface area contributed by atoms with Gasteiger partial charge in [-0.05, 0) is 25.7 Å². The van der Waals surface area contributed by atoms with Crippen molar-refractivity contribution in [3.05, 3.63) is 0 Å². The highest BCUT2D eigenvalue weighted by atomic mass is 16.5. The largest absolute Gasteiger partial charge is 0.466 e. The molecule has 82 valence electrons. The quantitative estimate of drug-likeness (QED) is 0.705. The molecule has 14 heavy (non-hydrogen) atoms. The van der Waals surface area contributed by atoms with Gasteiger partial charge < -0.3 is 9.84 Å². The van der Waals surface area contributed by atoms with Crippen LogP contribution in [-0.2, 0) is 9.53 Å². The van der Waals surface area contributed by atoms with Crippen LogP contribution in [0.25, 0.3) is 0 Å². The zero-order valence-corrected chi connectivity index (χ0v) is 8.87. The third-order valence-electron chi connectivity index (χ3n) is 2.88. The van der Waals surface area contributed by atoms with Gasteiger partial charge in [-0.1, -0.05) is 19.3 Å². The highest BCUT2D eigenvalue weighted by Crippen LogP contribution is 2.27. The Morgan fingerprint density at radius 3 is 2.64 bits per heavy atom. The summed E-state index contributed by atoms with van der Waals surface area (Å²) >= 11 is 0. The molecule has 3 heteroatoms. The first kappa shape index (κ1) is 11.5. The molecule has 1 rings (SSSR count). The molecule has 0 amide bonds. The maximum atomic E-state index is 11.1. The molecular weight excluding hydrogens is 180 g/mol. The minimum Gasteiger partial charge on any atom is -0.466 e. The number of rotatable bonds is 4. The number of hydrogen-bond acceptors (Lipinski definition) is 3. The van der Waals surface area contributed by atoms with E-state index in [1.54, 1.807) is 6.92 Å².